The van der Waals surface area contributed by atoms with E-state index < -0.39 is 0 Å². The van der Waals surface area contributed by atoms with Gasteiger partial charge in [-0.1, -0.05) is 49.7 Å². The molecule has 1 nitrogen and oxygen atoms in total. The predicted octanol–water partition coefficient (Wildman–Crippen LogP) is 5.55. The summed E-state index contributed by atoms with van der Waals surface area (Å²) in [5.74, 6) is 0.468. The van der Waals surface area contributed by atoms with Crippen molar-refractivity contribution in [2.75, 3.05) is 0 Å². The summed E-state index contributed by atoms with van der Waals surface area (Å²) in [4.78, 5) is 4.73. The zero-order valence-electron chi connectivity index (χ0n) is 11.2. The Morgan fingerprint density at radius 1 is 1.05 bits per heavy atom. The highest BCUT2D eigenvalue weighted by Gasteiger charge is 2.15. The van der Waals surface area contributed by atoms with Crippen molar-refractivity contribution in [2.45, 2.75) is 26.2 Å². The Hall–Kier alpha value is -1.60. The van der Waals surface area contributed by atoms with Crippen molar-refractivity contribution >= 4 is 33.4 Å². The van der Waals surface area contributed by atoms with Gasteiger partial charge in [-0.25, -0.2) is 4.98 Å². The number of halogens is 1. The van der Waals surface area contributed by atoms with E-state index in [1.54, 1.807) is 0 Å². The quantitative estimate of drug-likeness (QED) is 0.556. The molecule has 0 radical (unpaired) electrons. The molecule has 0 spiro atoms. The van der Waals surface area contributed by atoms with Crippen LogP contribution in [-0.2, 0) is 0 Å². The molecule has 3 aromatic rings. The third kappa shape index (κ3) is 1.98. The first-order chi connectivity index (χ1) is 9.22. The summed E-state index contributed by atoms with van der Waals surface area (Å²) in [5, 5.41) is 3.13. The molecule has 0 aliphatic rings. The Bertz CT molecular complexity index is 749. The fourth-order valence-corrected chi connectivity index (χ4v) is 2.92. The summed E-state index contributed by atoms with van der Waals surface area (Å²) in [5.41, 5.74) is 3.36. The molecule has 1 atom stereocenters. The average molecular weight is 270 g/mol. The molecule has 1 aromatic heterocycles. The van der Waals surface area contributed by atoms with Gasteiger partial charge in [-0.05, 0) is 36.1 Å². The highest BCUT2D eigenvalue weighted by atomic mass is 35.5. The molecule has 0 amide bonds. The first-order valence-electron chi connectivity index (χ1n) is 6.69. The van der Waals surface area contributed by atoms with Crippen molar-refractivity contribution < 1.29 is 0 Å². The molecule has 0 saturated carbocycles. The minimum Gasteiger partial charge on any atom is -0.248 e. The second kappa shape index (κ2) is 4.82. The summed E-state index contributed by atoms with van der Waals surface area (Å²) in [6, 6.07) is 14.3. The molecule has 3 rings (SSSR count). The van der Waals surface area contributed by atoms with Gasteiger partial charge in [0.15, 0.2) is 0 Å². The number of para-hydroxylation sites is 1. The molecule has 2 heteroatoms. The van der Waals surface area contributed by atoms with E-state index in [1.165, 1.54) is 10.9 Å². The Labute approximate surface area is 118 Å². The smallest absolute Gasteiger partial charge is 0.0727 e. The summed E-state index contributed by atoms with van der Waals surface area (Å²) in [6.07, 6.45) is 1.09. The van der Waals surface area contributed by atoms with E-state index in [9.17, 15) is 0 Å². The normalized spacial score (nSPS) is 13.0. The van der Waals surface area contributed by atoms with Gasteiger partial charge in [0.05, 0.1) is 16.1 Å². The van der Waals surface area contributed by atoms with E-state index in [2.05, 4.69) is 32.0 Å². The van der Waals surface area contributed by atoms with Gasteiger partial charge in [-0.3, -0.25) is 0 Å². The van der Waals surface area contributed by atoms with Gasteiger partial charge in [0.1, 0.15) is 0 Å². The molecular weight excluding hydrogens is 254 g/mol. The van der Waals surface area contributed by atoms with Crippen molar-refractivity contribution in [3.8, 4) is 0 Å². The number of aromatic nitrogens is 1. The molecule has 0 saturated heterocycles. The number of benzene rings is 2. The SMILES string of the molecule is CCC(C)c1c2ccccc2nc2cccc(Cl)c12. The number of hydrogen-bond acceptors (Lipinski definition) is 1. The molecule has 0 N–H and O–H groups in total. The Kier molecular flexibility index (Phi) is 3.16. The maximum absolute atomic E-state index is 6.42. The van der Waals surface area contributed by atoms with Crippen LogP contribution in [0.2, 0.25) is 5.02 Å². The van der Waals surface area contributed by atoms with Crippen molar-refractivity contribution in [3.63, 3.8) is 0 Å². The standard InChI is InChI=1S/C17H16ClN/c1-3-11(2)16-12-7-4-5-9-14(12)19-15-10-6-8-13(18)17(15)16/h4-11H,3H2,1-2H3. The van der Waals surface area contributed by atoms with Gasteiger partial charge in [0.2, 0.25) is 0 Å². The highest BCUT2D eigenvalue weighted by molar-refractivity contribution is 6.36. The van der Waals surface area contributed by atoms with E-state index in [4.69, 9.17) is 16.6 Å². The van der Waals surface area contributed by atoms with Crippen LogP contribution in [0.15, 0.2) is 42.5 Å². The van der Waals surface area contributed by atoms with Gasteiger partial charge < -0.3 is 0 Å². The van der Waals surface area contributed by atoms with E-state index >= 15 is 0 Å². The van der Waals surface area contributed by atoms with Gasteiger partial charge in [-0.15, -0.1) is 0 Å². The summed E-state index contributed by atoms with van der Waals surface area (Å²) >= 11 is 6.42. The number of fused-ring (bicyclic) bond motifs is 2. The maximum Gasteiger partial charge on any atom is 0.0727 e. The predicted molar refractivity (Wildman–Crippen MR) is 83.0 cm³/mol. The van der Waals surface area contributed by atoms with Crippen LogP contribution in [0.25, 0.3) is 21.8 Å². The van der Waals surface area contributed by atoms with Crippen LogP contribution >= 0.6 is 11.6 Å². The van der Waals surface area contributed by atoms with Crippen LogP contribution < -0.4 is 0 Å². The molecule has 19 heavy (non-hydrogen) atoms. The van der Waals surface area contributed by atoms with Crippen LogP contribution in [0.3, 0.4) is 0 Å². The third-order valence-electron chi connectivity index (χ3n) is 3.80. The Balaban J connectivity index is 2.54. The van der Waals surface area contributed by atoms with E-state index in [-0.39, 0.29) is 0 Å². The fraction of sp³-hybridized carbons (Fsp3) is 0.235. The zero-order chi connectivity index (χ0) is 13.4. The Morgan fingerprint density at radius 3 is 2.58 bits per heavy atom. The average Bonchev–Trinajstić information content (AvgIpc) is 2.44. The van der Waals surface area contributed by atoms with Gasteiger partial charge in [-0.2, -0.15) is 0 Å². The van der Waals surface area contributed by atoms with Gasteiger partial charge in [0.25, 0.3) is 0 Å². The molecule has 0 aliphatic heterocycles. The summed E-state index contributed by atoms with van der Waals surface area (Å²) in [6.45, 7) is 4.47. The van der Waals surface area contributed by atoms with Crippen molar-refractivity contribution in [1.82, 2.24) is 4.98 Å². The second-order valence-electron chi connectivity index (χ2n) is 4.99. The summed E-state index contributed by atoms with van der Waals surface area (Å²) in [7, 11) is 0. The molecule has 2 aromatic carbocycles. The lowest BCUT2D eigenvalue weighted by Crippen LogP contribution is -1.97. The van der Waals surface area contributed by atoms with Crippen LogP contribution in [-0.4, -0.2) is 4.98 Å². The first kappa shape index (κ1) is 12.4. The molecule has 96 valence electrons. The second-order valence-corrected chi connectivity index (χ2v) is 5.39. The van der Waals surface area contributed by atoms with E-state index in [0.29, 0.717) is 5.92 Å². The maximum atomic E-state index is 6.42. The van der Waals surface area contributed by atoms with Gasteiger partial charge >= 0.3 is 0 Å². The third-order valence-corrected chi connectivity index (χ3v) is 4.12. The molecule has 0 aliphatic carbocycles. The Morgan fingerprint density at radius 2 is 1.79 bits per heavy atom. The van der Waals surface area contributed by atoms with E-state index in [1.807, 2.05) is 24.3 Å². The number of pyridine rings is 1. The zero-order valence-corrected chi connectivity index (χ0v) is 11.9. The molecular formula is C17H16ClN. The highest BCUT2D eigenvalue weighted by Crippen LogP contribution is 2.36. The summed E-state index contributed by atoms with van der Waals surface area (Å²) < 4.78 is 0. The van der Waals surface area contributed by atoms with Crippen LogP contribution in [0, 0.1) is 0 Å². The van der Waals surface area contributed by atoms with Gasteiger partial charge in [0, 0.05) is 10.8 Å². The number of hydrogen-bond donors (Lipinski definition) is 0. The lowest BCUT2D eigenvalue weighted by atomic mass is 9.91. The number of rotatable bonds is 2. The minimum atomic E-state index is 0.468. The number of nitrogens with zero attached hydrogens (tertiary/aromatic N) is 1. The van der Waals surface area contributed by atoms with E-state index in [0.717, 1.165) is 27.9 Å². The van der Waals surface area contributed by atoms with Crippen molar-refractivity contribution in [1.29, 1.82) is 0 Å². The fourth-order valence-electron chi connectivity index (χ4n) is 2.65. The topological polar surface area (TPSA) is 12.9 Å². The minimum absolute atomic E-state index is 0.468. The van der Waals surface area contributed by atoms with Crippen LogP contribution in [0.5, 0.6) is 0 Å². The lowest BCUT2D eigenvalue weighted by molar-refractivity contribution is 0.745. The van der Waals surface area contributed by atoms with Crippen LogP contribution in [0.1, 0.15) is 31.7 Å². The van der Waals surface area contributed by atoms with Crippen LogP contribution in [0.4, 0.5) is 0 Å². The lowest BCUT2D eigenvalue weighted by Gasteiger charge is -2.16. The molecule has 1 heterocycles. The molecule has 0 bridgehead atoms. The van der Waals surface area contributed by atoms with Crippen molar-refractivity contribution in [3.05, 3.63) is 53.1 Å². The molecule has 1 unspecified atom stereocenters. The largest absolute Gasteiger partial charge is 0.248 e. The van der Waals surface area contributed by atoms with Crippen molar-refractivity contribution in [2.24, 2.45) is 0 Å². The first-order valence-corrected chi connectivity index (χ1v) is 7.07. The molecule has 0 fully saturated rings. The monoisotopic (exact) mass is 269 g/mol.